The number of amides is 1. The van der Waals surface area contributed by atoms with Crippen molar-refractivity contribution >= 4 is 13.7 Å². The first-order chi connectivity index (χ1) is 29.9. The molecule has 0 aromatic rings. The van der Waals surface area contributed by atoms with Gasteiger partial charge in [0.1, 0.15) is 0 Å². The standard InChI is InChI=1S/C52H95N2O6P/c1-3-5-7-9-11-13-15-17-19-21-23-25-27-29-31-33-35-37-39-41-43-45-51(55)50(49-60-61(57,58)59-48-47-53)54-52(56)46-44-42-40-38-36-34-32-30-28-26-24-22-20-18-16-14-12-10-8-6-4-2/h6,8,12,14,18,20,24,26,35,37,43,45,50-51,55H,3-5,7,9-11,13,15-17,19,21-23,25,27-34,36,38-42,44,46-49,53H2,1-2H3,(H,54,56)(H,57,58)/b8-6-,14-12-,20-18-,26-24-,37-35+,45-43+. The molecule has 0 rings (SSSR count). The minimum absolute atomic E-state index is 0.0695. The van der Waals surface area contributed by atoms with Gasteiger partial charge in [-0.2, -0.15) is 0 Å². The zero-order valence-electron chi connectivity index (χ0n) is 39.4. The molecule has 354 valence electrons. The summed E-state index contributed by atoms with van der Waals surface area (Å²) < 4.78 is 22.2. The average molecular weight is 875 g/mol. The quantitative estimate of drug-likeness (QED) is 0.0272. The Morgan fingerprint density at radius 1 is 0.557 bits per heavy atom. The van der Waals surface area contributed by atoms with Crippen molar-refractivity contribution in [3.63, 3.8) is 0 Å². The highest BCUT2D eigenvalue weighted by atomic mass is 31.2. The average Bonchev–Trinajstić information content (AvgIpc) is 3.25. The molecule has 0 saturated carbocycles. The molecular formula is C52H95N2O6P. The molecule has 0 aliphatic heterocycles. The minimum Gasteiger partial charge on any atom is -0.387 e. The molecule has 0 bridgehead atoms. The molecule has 3 unspecified atom stereocenters. The van der Waals surface area contributed by atoms with Gasteiger partial charge < -0.3 is 21.1 Å². The molecule has 0 fully saturated rings. The zero-order valence-corrected chi connectivity index (χ0v) is 40.3. The zero-order chi connectivity index (χ0) is 44.6. The van der Waals surface area contributed by atoms with Gasteiger partial charge in [0.15, 0.2) is 0 Å². The van der Waals surface area contributed by atoms with Crippen molar-refractivity contribution in [2.75, 3.05) is 19.8 Å². The Bertz CT molecular complexity index is 1180. The first-order valence-corrected chi connectivity index (χ1v) is 26.6. The maximum absolute atomic E-state index is 12.8. The summed E-state index contributed by atoms with van der Waals surface area (Å²) in [6.45, 7) is 4.01. The van der Waals surface area contributed by atoms with E-state index in [4.69, 9.17) is 14.8 Å². The van der Waals surface area contributed by atoms with Crippen molar-refractivity contribution < 1.29 is 28.4 Å². The summed E-state index contributed by atoms with van der Waals surface area (Å²) in [6.07, 6.45) is 62.5. The van der Waals surface area contributed by atoms with E-state index in [1.54, 1.807) is 6.08 Å². The fourth-order valence-corrected chi connectivity index (χ4v) is 7.78. The smallest absolute Gasteiger partial charge is 0.387 e. The van der Waals surface area contributed by atoms with Gasteiger partial charge in [0.25, 0.3) is 0 Å². The monoisotopic (exact) mass is 875 g/mol. The van der Waals surface area contributed by atoms with Crippen molar-refractivity contribution in [2.24, 2.45) is 5.73 Å². The van der Waals surface area contributed by atoms with Crippen molar-refractivity contribution in [3.05, 3.63) is 72.9 Å². The molecule has 0 spiro atoms. The second kappa shape index (κ2) is 47.4. The number of nitrogens with one attached hydrogen (secondary N) is 1. The van der Waals surface area contributed by atoms with Gasteiger partial charge in [0.2, 0.25) is 5.91 Å². The summed E-state index contributed by atoms with van der Waals surface area (Å²) in [5.41, 5.74) is 5.39. The maximum atomic E-state index is 12.8. The number of aliphatic hydroxyl groups excluding tert-OH is 1. The normalized spacial score (nSPS) is 14.5. The first-order valence-electron chi connectivity index (χ1n) is 25.1. The fraction of sp³-hybridized carbons (Fsp3) is 0.750. The van der Waals surface area contributed by atoms with Gasteiger partial charge in [0.05, 0.1) is 25.4 Å². The molecule has 0 saturated heterocycles. The summed E-state index contributed by atoms with van der Waals surface area (Å²) in [5, 5.41) is 13.7. The molecule has 0 aromatic carbocycles. The Morgan fingerprint density at radius 2 is 0.967 bits per heavy atom. The molecule has 1 amide bonds. The summed E-state index contributed by atoms with van der Waals surface area (Å²) in [6, 6.07) is -0.886. The van der Waals surface area contributed by atoms with Gasteiger partial charge in [-0.3, -0.25) is 13.8 Å². The molecule has 0 radical (unpaired) electrons. The largest absolute Gasteiger partial charge is 0.472 e. The van der Waals surface area contributed by atoms with E-state index >= 15 is 0 Å². The van der Waals surface area contributed by atoms with E-state index in [0.29, 0.717) is 6.42 Å². The number of hydrogen-bond donors (Lipinski definition) is 4. The van der Waals surface area contributed by atoms with E-state index in [0.717, 1.165) is 77.0 Å². The molecule has 0 heterocycles. The molecular weight excluding hydrogens is 780 g/mol. The van der Waals surface area contributed by atoms with E-state index in [-0.39, 0.29) is 25.7 Å². The number of rotatable bonds is 46. The van der Waals surface area contributed by atoms with Crippen molar-refractivity contribution in [2.45, 2.75) is 231 Å². The highest BCUT2D eigenvalue weighted by Crippen LogP contribution is 2.43. The molecule has 9 heteroatoms. The number of nitrogens with two attached hydrogens (primary N) is 1. The fourth-order valence-electron chi connectivity index (χ4n) is 7.02. The molecule has 8 nitrogen and oxygen atoms in total. The second-order valence-electron chi connectivity index (χ2n) is 16.6. The van der Waals surface area contributed by atoms with Crippen LogP contribution in [0, 0.1) is 0 Å². The number of hydrogen-bond acceptors (Lipinski definition) is 6. The highest BCUT2D eigenvalue weighted by molar-refractivity contribution is 7.47. The Hall–Kier alpha value is -2.06. The van der Waals surface area contributed by atoms with Crippen LogP contribution in [0.4, 0.5) is 0 Å². The predicted octanol–water partition coefficient (Wildman–Crippen LogP) is 14.8. The Morgan fingerprint density at radius 3 is 1.46 bits per heavy atom. The predicted molar refractivity (Wildman–Crippen MR) is 263 cm³/mol. The summed E-state index contributed by atoms with van der Waals surface area (Å²) in [7, 11) is -4.36. The van der Waals surface area contributed by atoms with Gasteiger partial charge in [-0.05, 0) is 70.6 Å². The molecule has 61 heavy (non-hydrogen) atoms. The van der Waals surface area contributed by atoms with Crippen molar-refractivity contribution in [1.82, 2.24) is 5.32 Å². The van der Waals surface area contributed by atoms with Crippen LogP contribution in [0.15, 0.2) is 72.9 Å². The lowest BCUT2D eigenvalue weighted by Gasteiger charge is -2.23. The second-order valence-corrected chi connectivity index (χ2v) is 18.1. The van der Waals surface area contributed by atoms with Crippen LogP contribution in [0.1, 0.15) is 219 Å². The van der Waals surface area contributed by atoms with Crippen LogP contribution in [-0.2, 0) is 18.4 Å². The summed E-state index contributed by atoms with van der Waals surface area (Å²) in [4.78, 5) is 22.8. The molecule has 0 aliphatic carbocycles. The number of carbonyl (C=O) groups is 1. The summed E-state index contributed by atoms with van der Waals surface area (Å²) >= 11 is 0. The lowest BCUT2D eigenvalue weighted by molar-refractivity contribution is -0.123. The lowest BCUT2D eigenvalue weighted by atomic mass is 10.0. The minimum atomic E-state index is -4.36. The van der Waals surface area contributed by atoms with E-state index < -0.39 is 20.0 Å². The topological polar surface area (TPSA) is 131 Å². The third-order valence-corrected chi connectivity index (χ3v) is 11.8. The van der Waals surface area contributed by atoms with E-state index in [1.807, 2.05) is 6.08 Å². The van der Waals surface area contributed by atoms with Crippen LogP contribution in [0.25, 0.3) is 0 Å². The third-order valence-electron chi connectivity index (χ3n) is 10.8. The molecule has 0 aromatic heterocycles. The van der Waals surface area contributed by atoms with E-state index in [2.05, 4.69) is 79.9 Å². The molecule has 0 aliphatic rings. The van der Waals surface area contributed by atoms with Crippen molar-refractivity contribution in [1.29, 1.82) is 0 Å². The molecule has 3 atom stereocenters. The van der Waals surface area contributed by atoms with Crippen LogP contribution >= 0.6 is 7.82 Å². The van der Waals surface area contributed by atoms with E-state index in [9.17, 15) is 19.4 Å². The lowest BCUT2D eigenvalue weighted by Crippen LogP contribution is -2.45. The van der Waals surface area contributed by atoms with E-state index in [1.165, 1.54) is 122 Å². The third kappa shape index (κ3) is 45.8. The molecule has 5 N–H and O–H groups in total. The van der Waals surface area contributed by atoms with Crippen LogP contribution in [-0.4, -0.2) is 47.8 Å². The van der Waals surface area contributed by atoms with Gasteiger partial charge in [0, 0.05) is 13.0 Å². The van der Waals surface area contributed by atoms with Crippen molar-refractivity contribution in [3.8, 4) is 0 Å². The van der Waals surface area contributed by atoms with Crippen LogP contribution in [0.3, 0.4) is 0 Å². The van der Waals surface area contributed by atoms with Gasteiger partial charge >= 0.3 is 7.82 Å². The number of phosphoric acid groups is 1. The highest BCUT2D eigenvalue weighted by Gasteiger charge is 2.26. The van der Waals surface area contributed by atoms with Gasteiger partial charge in [-0.1, -0.05) is 215 Å². The van der Waals surface area contributed by atoms with Crippen LogP contribution in [0.2, 0.25) is 0 Å². The number of allylic oxidation sites excluding steroid dienone is 11. The Balaban J connectivity index is 4.19. The first kappa shape index (κ1) is 58.9. The van der Waals surface area contributed by atoms with Gasteiger partial charge in [-0.15, -0.1) is 0 Å². The Kier molecular flexibility index (Phi) is 45.8. The summed E-state index contributed by atoms with van der Waals surface area (Å²) in [5.74, 6) is -0.214. The number of unbranched alkanes of at least 4 members (excludes halogenated alkanes) is 24. The number of phosphoric ester groups is 1. The number of carbonyl (C=O) groups excluding carboxylic acids is 1. The SMILES string of the molecule is CC/C=C\C/C=C\C/C=C\C/C=C\CCCCCCCCCCC(=O)NC(COP(=O)(O)OCCN)C(O)/C=C/CC/C=C/CCCCCCCCCCCCCCCCC. The van der Waals surface area contributed by atoms with Crippen LogP contribution in [0.5, 0.6) is 0 Å². The maximum Gasteiger partial charge on any atom is 0.472 e. The Labute approximate surface area is 376 Å². The van der Waals surface area contributed by atoms with Gasteiger partial charge in [-0.25, -0.2) is 4.57 Å². The van der Waals surface area contributed by atoms with Crippen LogP contribution < -0.4 is 11.1 Å². The number of aliphatic hydroxyl groups is 1.